The van der Waals surface area contributed by atoms with E-state index in [0.29, 0.717) is 12.2 Å². The number of aliphatic hydroxyl groups excluding tert-OH is 1. The first-order chi connectivity index (χ1) is 9.15. The molecule has 2 rings (SSSR count). The molecule has 1 aliphatic rings. The van der Waals surface area contributed by atoms with Crippen LogP contribution in [-0.4, -0.2) is 29.7 Å². The van der Waals surface area contributed by atoms with Crippen LogP contribution in [-0.2, 0) is 0 Å². The average Bonchev–Trinajstić information content (AvgIpc) is 2.46. The van der Waals surface area contributed by atoms with Gasteiger partial charge in [0.15, 0.2) is 0 Å². The van der Waals surface area contributed by atoms with Gasteiger partial charge in [0.2, 0.25) is 0 Å². The van der Waals surface area contributed by atoms with E-state index in [2.05, 4.69) is 0 Å². The number of anilines is 1. The Balaban J connectivity index is 2.33. The van der Waals surface area contributed by atoms with Gasteiger partial charge in [-0.25, -0.2) is 0 Å². The van der Waals surface area contributed by atoms with E-state index in [1.54, 1.807) is 12.1 Å². The molecular formula is C13H15N3O3. The van der Waals surface area contributed by atoms with Gasteiger partial charge in [0.05, 0.1) is 16.6 Å². The van der Waals surface area contributed by atoms with E-state index in [4.69, 9.17) is 5.26 Å². The van der Waals surface area contributed by atoms with Crippen LogP contribution in [0.2, 0.25) is 0 Å². The van der Waals surface area contributed by atoms with Gasteiger partial charge in [0.1, 0.15) is 5.69 Å². The highest BCUT2D eigenvalue weighted by Gasteiger charge is 2.25. The quantitative estimate of drug-likeness (QED) is 0.660. The zero-order valence-electron chi connectivity index (χ0n) is 10.5. The monoisotopic (exact) mass is 261 g/mol. The van der Waals surface area contributed by atoms with Crippen molar-refractivity contribution in [2.45, 2.75) is 12.8 Å². The largest absolute Gasteiger partial charge is 0.396 e. The number of nitrogens with zero attached hydrogens (tertiary/aromatic N) is 3. The fourth-order valence-electron chi connectivity index (χ4n) is 2.44. The predicted octanol–water partition coefficient (Wildman–Crippen LogP) is 1.68. The van der Waals surface area contributed by atoms with Crippen molar-refractivity contribution in [1.29, 1.82) is 5.26 Å². The third-order valence-electron chi connectivity index (χ3n) is 3.42. The lowest BCUT2D eigenvalue weighted by atomic mass is 9.98. The van der Waals surface area contributed by atoms with Crippen LogP contribution >= 0.6 is 0 Å². The number of hydrogen-bond acceptors (Lipinski definition) is 5. The van der Waals surface area contributed by atoms with E-state index in [9.17, 15) is 15.2 Å². The molecule has 0 bridgehead atoms. The lowest BCUT2D eigenvalue weighted by molar-refractivity contribution is -0.384. The van der Waals surface area contributed by atoms with E-state index in [1.165, 1.54) is 6.07 Å². The molecule has 0 unspecified atom stereocenters. The van der Waals surface area contributed by atoms with Crippen LogP contribution in [0.1, 0.15) is 18.4 Å². The first kappa shape index (κ1) is 13.3. The topological polar surface area (TPSA) is 90.4 Å². The van der Waals surface area contributed by atoms with Gasteiger partial charge in [-0.2, -0.15) is 5.26 Å². The zero-order valence-corrected chi connectivity index (χ0v) is 10.5. The summed E-state index contributed by atoms with van der Waals surface area (Å²) in [6, 6.07) is 6.42. The predicted molar refractivity (Wildman–Crippen MR) is 69.8 cm³/mol. The molecule has 1 aromatic rings. The number of hydrogen-bond donors (Lipinski definition) is 1. The molecule has 1 saturated heterocycles. The fourth-order valence-corrected chi connectivity index (χ4v) is 2.44. The molecule has 100 valence electrons. The normalized spacial score (nSPS) is 18.9. The van der Waals surface area contributed by atoms with Gasteiger partial charge in [0, 0.05) is 25.8 Å². The number of benzene rings is 1. The first-order valence-corrected chi connectivity index (χ1v) is 6.20. The number of nitriles is 1. The number of piperidine rings is 1. The summed E-state index contributed by atoms with van der Waals surface area (Å²) >= 11 is 0. The number of rotatable bonds is 3. The van der Waals surface area contributed by atoms with Crippen molar-refractivity contribution in [1.82, 2.24) is 0 Å². The molecule has 1 atom stereocenters. The Hall–Kier alpha value is -2.13. The summed E-state index contributed by atoms with van der Waals surface area (Å²) in [5.74, 6) is 0.156. The molecule has 0 saturated carbocycles. The summed E-state index contributed by atoms with van der Waals surface area (Å²) in [7, 11) is 0. The maximum Gasteiger partial charge on any atom is 0.293 e. The van der Waals surface area contributed by atoms with Crippen molar-refractivity contribution in [2.24, 2.45) is 5.92 Å². The van der Waals surface area contributed by atoms with Crippen molar-refractivity contribution in [3.8, 4) is 6.07 Å². The van der Waals surface area contributed by atoms with E-state index < -0.39 is 4.92 Å². The van der Waals surface area contributed by atoms with Crippen molar-refractivity contribution in [2.75, 3.05) is 24.6 Å². The minimum absolute atomic E-state index is 0.0439. The molecule has 0 amide bonds. The maximum absolute atomic E-state index is 11.1. The van der Waals surface area contributed by atoms with Crippen molar-refractivity contribution >= 4 is 11.4 Å². The Morgan fingerprint density at radius 1 is 1.58 bits per heavy atom. The van der Waals surface area contributed by atoms with E-state index in [1.807, 2.05) is 11.0 Å². The fraction of sp³-hybridized carbons (Fsp3) is 0.462. The lowest BCUT2D eigenvalue weighted by Gasteiger charge is -2.33. The Labute approximate surface area is 111 Å². The summed E-state index contributed by atoms with van der Waals surface area (Å²) in [6.07, 6.45) is 1.85. The zero-order chi connectivity index (χ0) is 13.8. The van der Waals surface area contributed by atoms with E-state index in [0.717, 1.165) is 19.4 Å². The summed E-state index contributed by atoms with van der Waals surface area (Å²) in [5, 5.41) is 29.1. The van der Waals surface area contributed by atoms with Crippen LogP contribution in [0, 0.1) is 27.4 Å². The molecule has 6 nitrogen and oxygen atoms in total. The van der Waals surface area contributed by atoms with E-state index in [-0.39, 0.29) is 23.8 Å². The Morgan fingerprint density at radius 3 is 3.00 bits per heavy atom. The second-order valence-electron chi connectivity index (χ2n) is 4.71. The molecule has 1 aliphatic heterocycles. The molecule has 19 heavy (non-hydrogen) atoms. The molecule has 1 heterocycles. The molecule has 1 aromatic carbocycles. The minimum Gasteiger partial charge on any atom is -0.396 e. The SMILES string of the molecule is N#Cc1ccc(N2CCC[C@@H](CO)C2)c([N+](=O)[O-])c1. The van der Waals surface area contributed by atoms with Crippen molar-refractivity contribution < 1.29 is 10.0 Å². The number of aliphatic hydroxyl groups is 1. The summed E-state index contributed by atoms with van der Waals surface area (Å²) in [4.78, 5) is 12.6. The number of nitro benzene ring substituents is 1. The summed E-state index contributed by atoms with van der Waals surface area (Å²) in [5.41, 5.74) is 0.769. The molecule has 0 radical (unpaired) electrons. The van der Waals surface area contributed by atoms with E-state index >= 15 is 0 Å². The molecule has 1 N–H and O–H groups in total. The van der Waals surface area contributed by atoms with Crippen LogP contribution in [0.25, 0.3) is 0 Å². The van der Waals surface area contributed by atoms with Gasteiger partial charge in [0.25, 0.3) is 5.69 Å². The first-order valence-electron chi connectivity index (χ1n) is 6.20. The van der Waals surface area contributed by atoms with Crippen LogP contribution in [0.15, 0.2) is 18.2 Å². The molecule has 6 heteroatoms. The van der Waals surface area contributed by atoms with Gasteiger partial charge in [-0.05, 0) is 30.9 Å². The van der Waals surface area contributed by atoms with Crippen LogP contribution < -0.4 is 4.90 Å². The van der Waals surface area contributed by atoms with Gasteiger partial charge in [-0.15, -0.1) is 0 Å². The second-order valence-corrected chi connectivity index (χ2v) is 4.71. The minimum atomic E-state index is -0.460. The number of nitro groups is 1. The maximum atomic E-state index is 11.1. The van der Waals surface area contributed by atoms with Gasteiger partial charge in [-0.1, -0.05) is 0 Å². The summed E-state index contributed by atoms with van der Waals surface area (Å²) in [6.45, 7) is 1.45. The molecule has 0 aliphatic carbocycles. The molecular weight excluding hydrogens is 246 g/mol. The highest BCUT2D eigenvalue weighted by atomic mass is 16.6. The Bertz CT molecular complexity index is 524. The highest BCUT2D eigenvalue weighted by molar-refractivity contribution is 5.65. The third-order valence-corrected chi connectivity index (χ3v) is 3.42. The van der Waals surface area contributed by atoms with Gasteiger partial charge in [-0.3, -0.25) is 10.1 Å². The molecule has 0 aromatic heterocycles. The Morgan fingerprint density at radius 2 is 2.37 bits per heavy atom. The summed E-state index contributed by atoms with van der Waals surface area (Å²) < 4.78 is 0. The van der Waals surface area contributed by atoms with Gasteiger partial charge >= 0.3 is 0 Å². The van der Waals surface area contributed by atoms with Crippen LogP contribution in [0.5, 0.6) is 0 Å². The molecule has 0 spiro atoms. The van der Waals surface area contributed by atoms with Crippen molar-refractivity contribution in [3.63, 3.8) is 0 Å². The second kappa shape index (κ2) is 5.67. The smallest absolute Gasteiger partial charge is 0.293 e. The third kappa shape index (κ3) is 2.83. The van der Waals surface area contributed by atoms with Crippen LogP contribution in [0.3, 0.4) is 0 Å². The average molecular weight is 261 g/mol. The highest BCUT2D eigenvalue weighted by Crippen LogP contribution is 2.32. The van der Waals surface area contributed by atoms with Crippen LogP contribution in [0.4, 0.5) is 11.4 Å². The standard InChI is InChI=1S/C13H15N3O3/c14-7-10-3-4-12(13(6-10)16(18)19)15-5-1-2-11(8-15)9-17/h3-4,6,11,17H,1-2,5,8-9H2/t11-/m1/s1. The lowest BCUT2D eigenvalue weighted by Crippen LogP contribution is -2.37. The Kier molecular flexibility index (Phi) is 3.97. The van der Waals surface area contributed by atoms with Crippen molar-refractivity contribution in [3.05, 3.63) is 33.9 Å². The molecule has 1 fully saturated rings. The van der Waals surface area contributed by atoms with Gasteiger partial charge < -0.3 is 10.0 Å².